The average molecular weight is 194 g/mol. The summed E-state index contributed by atoms with van der Waals surface area (Å²) in [6.45, 7) is 8.98. The Morgan fingerprint density at radius 3 is 2.15 bits per heavy atom. The first-order valence-electron chi connectivity index (χ1n) is 4.87. The molecule has 0 aliphatic rings. The van der Waals surface area contributed by atoms with E-state index < -0.39 is 0 Å². The zero-order valence-electron chi connectivity index (χ0n) is 8.87. The molecule has 1 heteroatoms. The fraction of sp³-hybridized carbons (Fsp3) is 0.500. The highest BCUT2D eigenvalue weighted by Gasteiger charge is 2.06. The van der Waals surface area contributed by atoms with Crippen LogP contribution < -0.4 is 0 Å². The lowest BCUT2D eigenvalue weighted by atomic mass is 10.0. The van der Waals surface area contributed by atoms with Gasteiger partial charge in [-0.25, -0.2) is 0 Å². The van der Waals surface area contributed by atoms with E-state index in [1.807, 2.05) is 11.8 Å². The first kappa shape index (κ1) is 10.6. The first-order valence-corrected chi connectivity index (χ1v) is 5.74. The minimum absolute atomic E-state index is 0.627. The Morgan fingerprint density at radius 2 is 1.62 bits per heavy atom. The molecule has 0 saturated carbocycles. The van der Waals surface area contributed by atoms with Gasteiger partial charge in [0.05, 0.1) is 0 Å². The highest BCUT2D eigenvalue weighted by atomic mass is 32.2. The monoisotopic (exact) mass is 194 g/mol. The largest absolute Gasteiger partial charge is 0.123 e. The fourth-order valence-electron chi connectivity index (χ4n) is 1.32. The van der Waals surface area contributed by atoms with E-state index in [0.29, 0.717) is 11.2 Å². The summed E-state index contributed by atoms with van der Waals surface area (Å²) in [5.41, 5.74) is 1.47. The number of thioether (sulfide) groups is 1. The first-order chi connectivity index (χ1) is 6.11. The molecule has 72 valence electrons. The lowest BCUT2D eigenvalue weighted by Gasteiger charge is -2.13. The summed E-state index contributed by atoms with van der Waals surface area (Å²) in [7, 11) is 0. The third kappa shape index (κ3) is 3.07. The maximum absolute atomic E-state index is 2.25. The normalized spacial score (nSPS) is 11.2. The van der Waals surface area contributed by atoms with Crippen LogP contribution in [0.2, 0.25) is 0 Å². The molecular weight excluding hydrogens is 176 g/mol. The predicted octanol–water partition coefficient (Wildman–Crippen LogP) is 4.31. The molecule has 0 bridgehead atoms. The fourth-order valence-corrected chi connectivity index (χ4v) is 2.42. The zero-order valence-corrected chi connectivity index (χ0v) is 9.69. The SMILES string of the molecule is CC(C)Sc1ccccc1C(C)C. The van der Waals surface area contributed by atoms with E-state index in [1.165, 1.54) is 10.5 Å². The lowest BCUT2D eigenvalue weighted by molar-refractivity contribution is 0.841. The summed E-state index contributed by atoms with van der Waals surface area (Å²) in [6, 6.07) is 8.70. The molecule has 0 aromatic heterocycles. The van der Waals surface area contributed by atoms with Gasteiger partial charge in [-0.15, -0.1) is 11.8 Å². The topological polar surface area (TPSA) is 0 Å². The molecule has 0 aliphatic carbocycles. The van der Waals surface area contributed by atoms with E-state index in [1.54, 1.807) is 0 Å². The number of hydrogen-bond acceptors (Lipinski definition) is 1. The quantitative estimate of drug-likeness (QED) is 0.646. The molecule has 0 amide bonds. The summed E-state index contributed by atoms with van der Waals surface area (Å²) in [5, 5.41) is 0.667. The van der Waals surface area contributed by atoms with Crippen LogP contribution in [0.15, 0.2) is 29.2 Å². The molecule has 13 heavy (non-hydrogen) atoms. The van der Waals surface area contributed by atoms with Gasteiger partial charge < -0.3 is 0 Å². The van der Waals surface area contributed by atoms with Crippen LogP contribution in [-0.2, 0) is 0 Å². The minimum Gasteiger partial charge on any atom is -0.123 e. The van der Waals surface area contributed by atoms with Crippen LogP contribution in [0.5, 0.6) is 0 Å². The van der Waals surface area contributed by atoms with Gasteiger partial charge in [0.1, 0.15) is 0 Å². The van der Waals surface area contributed by atoms with Crippen molar-refractivity contribution in [2.24, 2.45) is 0 Å². The summed E-state index contributed by atoms with van der Waals surface area (Å²) in [6.07, 6.45) is 0. The van der Waals surface area contributed by atoms with Gasteiger partial charge in [0.15, 0.2) is 0 Å². The predicted molar refractivity (Wildman–Crippen MR) is 61.5 cm³/mol. The Hall–Kier alpha value is -0.430. The second-order valence-corrected chi connectivity index (χ2v) is 5.48. The van der Waals surface area contributed by atoms with Crippen molar-refractivity contribution in [1.29, 1.82) is 0 Å². The summed E-state index contributed by atoms with van der Waals surface area (Å²) >= 11 is 1.95. The van der Waals surface area contributed by atoms with Crippen molar-refractivity contribution in [3.05, 3.63) is 29.8 Å². The molecule has 0 N–H and O–H groups in total. The van der Waals surface area contributed by atoms with E-state index in [2.05, 4.69) is 52.0 Å². The van der Waals surface area contributed by atoms with Gasteiger partial charge in [-0.2, -0.15) is 0 Å². The molecule has 0 saturated heterocycles. The van der Waals surface area contributed by atoms with Crippen molar-refractivity contribution in [1.82, 2.24) is 0 Å². The summed E-state index contributed by atoms with van der Waals surface area (Å²) in [5.74, 6) is 0.627. The number of hydrogen-bond donors (Lipinski definition) is 0. The molecule has 0 nitrogen and oxygen atoms in total. The maximum Gasteiger partial charge on any atom is 0.0109 e. The molecule has 0 aliphatic heterocycles. The molecule has 1 aromatic carbocycles. The average Bonchev–Trinajstić information content (AvgIpc) is 2.03. The van der Waals surface area contributed by atoms with Crippen LogP contribution in [0.3, 0.4) is 0 Å². The molecule has 0 spiro atoms. The highest BCUT2D eigenvalue weighted by molar-refractivity contribution is 8.00. The Bertz CT molecular complexity index is 264. The second-order valence-electron chi connectivity index (χ2n) is 3.86. The van der Waals surface area contributed by atoms with E-state index in [9.17, 15) is 0 Å². The third-order valence-corrected chi connectivity index (χ3v) is 3.00. The van der Waals surface area contributed by atoms with Crippen LogP contribution >= 0.6 is 11.8 Å². The van der Waals surface area contributed by atoms with Gasteiger partial charge >= 0.3 is 0 Å². The number of benzene rings is 1. The summed E-state index contributed by atoms with van der Waals surface area (Å²) in [4.78, 5) is 1.44. The maximum atomic E-state index is 2.25. The Balaban J connectivity index is 2.91. The Kier molecular flexibility index (Phi) is 3.86. The molecule has 0 fully saturated rings. The van der Waals surface area contributed by atoms with Crippen LogP contribution in [0.25, 0.3) is 0 Å². The molecule has 1 aromatic rings. The van der Waals surface area contributed by atoms with Crippen molar-refractivity contribution >= 4 is 11.8 Å². The van der Waals surface area contributed by atoms with Gasteiger partial charge in [0.25, 0.3) is 0 Å². The Morgan fingerprint density at radius 1 is 1.00 bits per heavy atom. The van der Waals surface area contributed by atoms with E-state index in [0.717, 1.165) is 0 Å². The molecule has 1 rings (SSSR count). The summed E-state index contributed by atoms with van der Waals surface area (Å²) < 4.78 is 0. The van der Waals surface area contributed by atoms with Crippen LogP contribution in [-0.4, -0.2) is 5.25 Å². The van der Waals surface area contributed by atoms with Crippen molar-refractivity contribution in [3.63, 3.8) is 0 Å². The van der Waals surface area contributed by atoms with Gasteiger partial charge in [0.2, 0.25) is 0 Å². The van der Waals surface area contributed by atoms with Gasteiger partial charge in [-0.05, 0) is 17.5 Å². The minimum atomic E-state index is 0.627. The van der Waals surface area contributed by atoms with E-state index >= 15 is 0 Å². The van der Waals surface area contributed by atoms with Crippen molar-refractivity contribution in [3.8, 4) is 0 Å². The molecule has 0 heterocycles. The standard InChI is InChI=1S/C12H18S/c1-9(2)11-7-5-6-8-12(11)13-10(3)4/h5-10H,1-4H3. The number of rotatable bonds is 3. The van der Waals surface area contributed by atoms with E-state index in [4.69, 9.17) is 0 Å². The van der Waals surface area contributed by atoms with Crippen LogP contribution in [0, 0.1) is 0 Å². The van der Waals surface area contributed by atoms with Crippen molar-refractivity contribution in [2.45, 2.75) is 43.8 Å². The molecule has 0 radical (unpaired) electrons. The second kappa shape index (κ2) is 4.71. The molecular formula is C12H18S. The van der Waals surface area contributed by atoms with Gasteiger partial charge in [0, 0.05) is 10.1 Å². The van der Waals surface area contributed by atoms with Crippen molar-refractivity contribution < 1.29 is 0 Å². The van der Waals surface area contributed by atoms with Gasteiger partial charge in [-0.3, -0.25) is 0 Å². The third-order valence-electron chi connectivity index (χ3n) is 1.90. The van der Waals surface area contributed by atoms with Crippen LogP contribution in [0.4, 0.5) is 0 Å². The van der Waals surface area contributed by atoms with Crippen LogP contribution in [0.1, 0.15) is 39.2 Å². The lowest BCUT2D eigenvalue weighted by Crippen LogP contribution is -1.93. The van der Waals surface area contributed by atoms with E-state index in [-0.39, 0.29) is 0 Å². The highest BCUT2D eigenvalue weighted by Crippen LogP contribution is 2.30. The zero-order chi connectivity index (χ0) is 9.84. The van der Waals surface area contributed by atoms with Gasteiger partial charge in [-0.1, -0.05) is 45.9 Å². The molecule has 0 atom stereocenters. The van der Waals surface area contributed by atoms with Crippen molar-refractivity contribution in [2.75, 3.05) is 0 Å². The molecule has 0 unspecified atom stereocenters. The Labute approximate surface area is 85.7 Å². The smallest absolute Gasteiger partial charge is 0.0109 e.